The van der Waals surface area contributed by atoms with Gasteiger partial charge in [-0.15, -0.1) is 11.3 Å². The lowest BCUT2D eigenvalue weighted by Crippen LogP contribution is -2.32. The number of fused-ring (bicyclic) bond motifs is 1. The van der Waals surface area contributed by atoms with E-state index in [-0.39, 0.29) is 17.7 Å². The van der Waals surface area contributed by atoms with E-state index in [1.165, 1.54) is 11.6 Å². The van der Waals surface area contributed by atoms with Gasteiger partial charge in [-0.2, -0.15) is 0 Å². The molecule has 1 aliphatic rings. The largest absolute Gasteiger partial charge is 0.325 e. The fourth-order valence-electron chi connectivity index (χ4n) is 3.50. The maximum Gasteiger partial charge on any atom is 0.238 e. The summed E-state index contributed by atoms with van der Waals surface area (Å²) in [6.07, 6.45) is 2.10. The lowest BCUT2D eigenvalue weighted by molar-refractivity contribution is -0.117. The van der Waals surface area contributed by atoms with Crippen LogP contribution in [0.5, 0.6) is 0 Å². The smallest absolute Gasteiger partial charge is 0.238 e. The number of ketones is 1. The molecule has 0 spiro atoms. The first kappa shape index (κ1) is 17.8. The molecule has 2 aromatic carbocycles. The molecular weight excluding hydrogens is 358 g/mol. The van der Waals surface area contributed by atoms with Crippen LogP contribution >= 0.6 is 11.3 Å². The standard InChI is InChI=1S/C21H21N3O2S/c1-14(25)15-8-10-16(11-9-15)22-20(26)13-24-12-4-6-18(24)21-23-17-5-2-3-7-19(17)27-21/h2-3,5,7-11,18H,4,6,12-13H2,1H3,(H,22,26)/t18-/m1/s1. The molecule has 138 valence electrons. The van der Waals surface area contributed by atoms with Gasteiger partial charge >= 0.3 is 0 Å². The Morgan fingerprint density at radius 1 is 1.19 bits per heavy atom. The number of nitrogens with one attached hydrogen (secondary N) is 1. The van der Waals surface area contributed by atoms with E-state index in [0.717, 1.165) is 29.9 Å². The molecule has 1 saturated heterocycles. The summed E-state index contributed by atoms with van der Waals surface area (Å²) in [6.45, 7) is 2.77. The predicted octanol–water partition coefficient (Wildman–Crippen LogP) is 4.27. The highest BCUT2D eigenvalue weighted by Gasteiger charge is 2.30. The fraction of sp³-hybridized carbons (Fsp3) is 0.286. The van der Waals surface area contributed by atoms with Crippen molar-refractivity contribution >= 4 is 38.9 Å². The molecule has 0 radical (unpaired) electrons. The minimum atomic E-state index is -0.0430. The summed E-state index contributed by atoms with van der Waals surface area (Å²) in [7, 11) is 0. The molecule has 27 heavy (non-hydrogen) atoms. The maximum absolute atomic E-state index is 12.5. The van der Waals surface area contributed by atoms with Gasteiger partial charge < -0.3 is 5.32 Å². The number of likely N-dealkylation sites (tertiary alicyclic amines) is 1. The summed E-state index contributed by atoms with van der Waals surface area (Å²) in [4.78, 5) is 30.8. The molecule has 0 unspecified atom stereocenters. The number of hydrogen-bond donors (Lipinski definition) is 1. The monoisotopic (exact) mass is 379 g/mol. The lowest BCUT2D eigenvalue weighted by Gasteiger charge is -2.22. The zero-order valence-electron chi connectivity index (χ0n) is 15.1. The van der Waals surface area contributed by atoms with Crippen LogP contribution in [0.25, 0.3) is 10.2 Å². The molecule has 5 nitrogen and oxygen atoms in total. The Hall–Kier alpha value is -2.57. The quantitative estimate of drug-likeness (QED) is 0.672. The number of carbonyl (C=O) groups is 2. The van der Waals surface area contributed by atoms with Gasteiger partial charge in [0.25, 0.3) is 0 Å². The topological polar surface area (TPSA) is 62.3 Å². The number of aromatic nitrogens is 1. The number of amides is 1. The van der Waals surface area contributed by atoms with Crippen LogP contribution in [0, 0.1) is 0 Å². The van der Waals surface area contributed by atoms with Crippen LogP contribution in [0.2, 0.25) is 0 Å². The lowest BCUT2D eigenvalue weighted by atomic mass is 10.1. The van der Waals surface area contributed by atoms with Gasteiger partial charge in [0.15, 0.2) is 5.78 Å². The van der Waals surface area contributed by atoms with Gasteiger partial charge in [0, 0.05) is 11.3 Å². The first-order valence-corrected chi connectivity index (χ1v) is 9.92. The van der Waals surface area contributed by atoms with Gasteiger partial charge in [-0.25, -0.2) is 4.98 Å². The number of carbonyl (C=O) groups excluding carboxylic acids is 2. The maximum atomic E-state index is 12.5. The van der Waals surface area contributed by atoms with E-state index in [9.17, 15) is 9.59 Å². The molecule has 0 saturated carbocycles. The van der Waals surface area contributed by atoms with Crippen LogP contribution in [0.3, 0.4) is 0 Å². The molecule has 1 atom stereocenters. The first-order chi connectivity index (χ1) is 13.1. The van der Waals surface area contributed by atoms with Gasteiger partial charge in [-0.1, -0.05) is 12.1 Å². The summed E-state index contributed by atoms with van der Waals surface area (Å²) in [5.41, 5.74) is 2.38. The van der Waals surface area contributed by atoms with Crippen molar-refractivity contribution < 1.29 is 9.59 Å². The van der Waals surface area contributed by atoms with Crippen molar-refractivity contribution in [3.63, 3.8) is 0 Å². The highest BCUT2D eigenvalue weighted by molar-refractivity contribution is 7.18. The average Bonchev–Trinajstić information content (AvgIpc) is 3.28. The molecule has 6 heteroatoms. The highest BCUT2D eigenvalue weighted by atomic mass is 32.1. The number of hydrogen-bond acceptors (Lipinski definition) is 5. The van der Waals surface area contributed by atoms with Crippen LogP contribution in [0.1, 0.15) is 41.2 Å². The van der Waals surface area contributed by atoms with Gasteiger partial charge in [0.2, 0.25) is 5.91 Å². The van der Waals surface area contributed by atoms with Crippen molar-refractivity contribution in [2.24, 2.45) is 0 Å². The van der Waals surface area contributed by atoms with Crippen molar-refractivity contribution in [3.8, 4) is 0 Å². The summed E-state index contributed by atoms with van der Waals surface area (Å²) in [5, 5.41) is 4.01. The van der Waals surface area contributed by atoms with E-state index in [0.29, 0.717) is 17.8 Å². The summed E-state index contributed by atoms with van der Waals surface area (Å²) < 4.78 is 1.19. The number of Topliss-reactive ketones (excluding diaryl/α,β-unsaturated/α-hetero) is 1. The molecular formula is C21H21N3O2S. The van der Waals surface area contributed by atoms with Crippen molar-refractivity contribution in [2.75, 3.05) is 18.4 Å². The molecule has 0 aliphatic carbocycles. The highest BCUT2D eigenvalue weighted by Crippen LogP contribution is 2.36. The predicted molar refractivity (Wildman–Crippen MR) is 108 cm³/mol. The molecule has 2 heterocycles. The Balaban J connectivity index is 1.43. The molecule has 1 amide bonds. The second-order valence-corrected chi connectivity index (χ2v) is 7.89. The Bertz CT molecular complexity index is 948. The van der Waals surface area contributed by atoms with E-state index >= 15 is 0 Å². The molecule has 1 N–H and O–H groups in total. The Morgan fingerprint density at radius 2 is 1.96 bits per heavy atom. The van der Waals surface area contributed by atoms with E-state index in [2.05, 4.69) is 16.3 Å². The third kappa shape index (κ3) is 3.91. The second-order valence-electron chi connectivity index (χ2n) is 6.83. The van der Waals surface area contributed by atoms with Crippen LogP contribution in [0.4, 0.5) is 5.69 Å². The van der Waals surface area contributed by atoms with Crippen molar-refractivity contribution in [1.29, 1.82) is 0 Å². The molecule has 1 fully saturated rings. The van der Waals surface area contributed by atoms with Crippen molar-refractivity contribution in [3.05, 3.63) is 59.1 Å². The van der Waals surface area contributed by atoms with Gasteiger partial charge in [-0.05, 0) is 62.7 Å². The fourth-order valence-corrected chi connectivity index (χ4v) is 4.64. The normalized spacial score (nSPS) is 17.3. The molecule has 1 aromatic heterocycles. The Morgan fingerprint density at radius 3 is 2.70 bits per heavy atom. The Labute approximate surface area is 162 Å². The second kappa shape index (κ2) is 7.58. The SMILES string of the molecule is CC(=O)c1ccc(NC(=O)CN2CCC[C@@H]2c2nc3ccccc3s2)cc1. The van der Waals surface area contributed by atoms with E-state index in [4.69, 9.17) is 4.98 Å². The zero-order chi connectivity index (χ0) is 18.8. The number of benzene rings is 2. The van der Waals surface area contributed by atoms with Crippen molar-refractivity contribution in [1.82, 2.24) is 9.88 Å². The van der Waals surface area contributed by atoms with Crippen molar-refractivity contribution in [2.45, 2.75) is 25.8 Å². The summed E-state index contributed by atoms with van der Waals surface area (Å²) in [5.74, 6) is -0.0257. The van der Waals surface area contributed by atoms with Gasteiger partial charge in [0.1, 0.15) is 5.01 Å². The first-order valence-electron chi connectivity index (χ1n) is 9.10. The van der Waals surface area contributed by atoms with Crippen LogP contribution in [-0.4, -0.2) is 34.7 Å². The number of nitrogens with zero attached hydrogens (tertiary/aromatic N) is 2. The van der Waals surface area contributed by atoms with E-state index in [1.54, 1.807) is 35.6 Å². The minimum absolute atomic E-state index is 0.0172. The summed E-state index contributed by atoms with van der Waals surface area (Å²) >= 11 is 1.72. The molecule has 0 bridgehead atoms. The van der Waals surface area contributed by atoms with E-state index < -0.39 is 0 Å². The van der Waals surface area contributed by atoms with Crippen LogP contribution in [-0.2, 0) is 4.79 Å². The minimum Gasteiger partial charge on any atom is -0.325 e. The van der Waals surface area contributed by atoms with Crippen LogP contribution < -0.4 is 5.32 Å². The number of rotatable bonds is 5. The zero-order valence-corrected chi connectivity index (χ0v) is 16.0. The number of anilines is 1. The third-order valence-corrected chi connectivity index (χ3v) is 6.02. The van der Waals surface area contributed by atoms with Gasteiger partial charge in [0.05, 0.1) is 22.8 Å². The average molecular weight is 379 g/mol. The van der Waals surface area contributed by atoms with Gasteiger partial charge in [-0.3, -0.25) is 14.5 Å². The summed E-state index contributed by atoms with van der Waals surface area (Å²) in [6, 6.07) is 15.4. The Kier molecular flexibility index (Phi) is 5.01. The number of thiazole rings is 1. The van der Waals surface area contributed by atoms with Crippen LogP contribution in [0.15, 0.2) is 48.5 Å². The third-order valence-electron chi connectivity index (χ3n) is 4.88. The molecule has 4 rings (SSSR count). The van der Waals surface area contributed by atoms with E-state index in [1.807, 2.05) is 18.2 Å². The molecule has 3 aromatic rings. The number of para-hydroxylation sites is 1. The molecule has 1 aliphatic heterocycles.